The first-order valence-corrected chi connectivity index (χ1v) is 12.6. The smallest absolute Gasteiger partial charge is 0.261 e. The summed E-state index contributed by atoms with van der Waals surface area (Å²) in [5.74, 6) is 0.336. The van der Waals surface area contributed by atoms with E-state index in [2.05, 4.69) is 14.7 Å². The van der Waals surface area contributed by atoms with Crippen molar-refractivity contribution in [3.05, 3.63) is 58.8 Å². The number of aromatic nitrogens is 4. The third-order valence-electron chi connectivity index (χ3n) is 5.80. The Morgan fingerprint density at radius 2 is 1.76 bits per heavy atom. The molecule has 0 unspecified atom stereocenters. The quantitative estimate of drug-likeness (QED) is 0.382. The molecule has 1 fully saturated rings. The van der Waals surface area contributed by atoms with Crippen molar-refractivity contribution in [3.63, 3.8) is 0 Å². The molecule has 11 heteroatoms. The van der Waals surface area contributed by atoms with Crippen LogP contribution in [0.15, 0.2) is 53.7 Å². The number of anilines is 2. The van der Waals surface area contributed by atoms with Crippen molar-refractivity contribution >= 4 is 55.8 Å². The zero-order valence-electron chi connectivity index (χ0n) is 17.4. The predicted octanol–water partition coefficient (Wildman–Crippen LogP) is 5.30. The number of nitrogen functional groups attached to an aromatic ring is 1. The number of hydrogen-bond donors (Lipinski definition) is 2. The number of rotatable bonds is 5. The fraction of sp³-hybridized carbons (Fsp3) is 0.227. The molecule has 3 N–H and O–H groups in total. The molecule has 8 nitrogen and oxygen atoms in total. The van der Waals surface area contributed by atoms with Crippen LogP contribution in [0.2, 0.25) is 10.0 Å². The van der Waals surface area contributed by atoms with E-state index in [0.29, 0.717) is 33.1 Å². The normalized spacial score (nSPS) is 14.7. The lowest BCUT2D eigenvalue weighted by Gasteiger charge is -2.11. The summed E-state index contributed by atoms with van der Waals surface area (Å²) in [5.41, 5.74) is 8.44. The fourth-order valence-electron chi connectivity index (χ4n) is 4.16. The molecule has 1 aliphatic carbocycles. The van der Waals surface area contributed by atoms with Crippen LogP contribution in [0, 0.1) is 0 Å². The maximum absolute atomic E-state index is 12.7. The molecule has 0 bridgehead atoms. The molecule has 2 aromatic carbocycles. The lowest BCUT2D eigenvalue weighted by molar-refractivity contribution is 0.479. The van der Waals surface area contributed by atoms with Crippen molar-refractivity contribution < 1.29 is 8.42 Å². The van der Waals surface area contributed by atoms with Gasteiger partial charge in [-0.3, -0.25) is 4.72 Å². The lowest BCUT2D eigenvalue weighted by Crippen LogP contribution is -2.13. The summed E-state index contributed by atoms with van der Waals surface area (Å²) in [6.45, 7) is 0. The summed E-state index contributed by atoms with van der Waals surface area (Å²) in [5, 5.41) is 6.16. The van der Waals surface area contributed by atoms with Crippen LogP contribution in [-0.2, 0) is 10.0 Å². The Labute approximate surface area is 200 Å². The minimum atomic E-state index is -3.83. The summed E-state index contributed by atoms with van der Waals surface area (Å²) in [4.78, 5) is 8.66. The number of nitrogens with two attached hydrogens (primary N) is 1. The number of benzene rings is 2. The molecule has 2 aromatic heterocycles. The van der Waals surface area contributed by atoms with Gasteiger partial charge in [-0.1, -0.05) is 42.1 Å². The minimum Gasteiger partial charge on any atom is -0.383 e. The minimum absolute atomic E-state index is 0.0817. The Hall–Kier alpha value is -2.88. The van der Waals surface area contributed by atoms with Crippen molar-refractivity contribution in [2.75, 3.05) is 10.5 Å². The van der Waals surface area contributed by atoms with Gasteiger partial charge < -0.3 is 5.73 Å². The lowest BCUT2D eigenvalue weighted by atomic mass is 10.1. The van der Waals surface area contributed by atoms with E-state index >= 15 is 0 Å². The van der Waals surface area contributed by atoms with Gasteiger partial charge in [0, 0.05) is 10.6 Å². The maximum Gasteiger partial charge on any atom is 0.261 e. The number of sulfonamides is 1. The van der Waals surface area contributed by atoms with Gasteiger partial charge in [-0.05, 0) is 49.2 Å². The number of nitrogens with one attached hydrogen (secondary N) is 1. The molecule has 2 heterocycles. The zero-order chi connectivity index (χ0) is 23.2. The van der Waals surface area contributed by atoms with Crippen molar-refractivity contribution in [1.29, 1.82) is 0 Å². The topological polar surface area (TPSA) is 116 Å². The van der Waals surface area contributed by atoms with Crippen molar-refractivity contribution in [2.45, 2.75) is 36.6 Å². The SMILES string of the molecule is Nc1ncnc2c1c(-c1ccc(NS(=O)(=O)c3ccc(Cl)cc3)c(Cl)c1)nn2C1CCCC1. The van der Waals surface area contributed by atoms with E-state index < -0.39 is 10.0 Å². The highest BCUT2D eigenvalue weighted by molar-refractivity contribution is 7.92. The van der Waals surface area contributed by atoms with Gasteiger partial charge >= 0.3 is 0 Å². The first-order chi connectivity index (χ1) is 15.8. The number of halogens is 2. The van der Waals surface area contributed by atoms with E-state index in [9.17, 15) is 8.42 Å². The van der Waals surface area contributed by atoms with Gasteiger partial charge in [0.2, 0.25) is 0 Å². The predicted molar refractivity (Wildman–Crippen MR) is 130 cm³/mol. The van der Waals surface area contributed by atoms with Gasteiger partial charge in [0.1, 0.15) is 17.8 Å². The molecular formula is C22H20Cl2N6O2S. The molecule has 0 amide bonds. The van der Waals surface area contributed by atoms with Gasteiger partial charge in [0.05, 0.1) is 27.0 Å². The first-order valence-electron chi connectivity index (χ1n) is 10.4. The van der Waals surface area contributed by atoms with Crippen LogP contribution in [0.3, 0.4) is 0 Å². The summed E-state index contributed by atoms with van der Waals surface area (Å²) >= 11 is 12.3. The molecule has 0 spiro atoms. The zero-order valence-corrected chi connectivity index (χ0v) is 19.7. The van der Waals surface area contributed by atoms with Gasteiger partial charge in [-0.25, -0.2) is 23.1 Å². The molecule has 0 atom stereocenters. The average Bonchev–Trinajstić information content (AvgIpc) is 3.44. The molecule has 1 aliphatic rings. The highest BCUT2D eigenvalue weighted by Crippen LogP contribution is 2.38. The molecular weight excluding hydrogens is 483 g/mol. The summed E-state index contributed by atoms with van der Waals surface area (Å²) in [6.07, 6.45) is 5.81. The van der Waals surface area contributed by atoms with Crippen molar-refractivity contribution in [3.8, 4) is 11.3 Å². The third-order valence-corrected chi connectivity index (χ3v) is 7.75. The van der Waals surface area contributed by atoms with E-state index in [-0.39, 0.29) is 21.6 Å². The van der Waals surface area contributed by atoms with Gasteiger partial charge in [0.15, 0.2) is 5.65 Å². The van der Waals surface area contributed by atoms with Crippen LogP contribution in [0.5, 0.6) is 0 Å². The molecule has 0 saturated heterocycles. The molecule has 1 saturated carbocycles. The van der Waals surface area contributed by atoms with E-state index in [0.717, 1.165) is 25.7 Å². The number of fused-ring (bicyclic) bond motifs is 1. The molecule has 170 valence electrons. The molecule has 33 heavy (non-hydrogen) atoms. The van der Waals surface area contributed by atoms with Crippen LogP contribution in [0.1, 0.15) is 31.7 Å². The second-order valence-corrected chi connectivity index (χ2v) is 10.5. The number of nitrogens with zero attached hydrogens (tertiary/aromatic N) is 4. The second-order valence-electron chi connectivity index (χ2n) is 7.94. The van der Waals surface area contributed by atoms with E-state index in [1.807, 2.05) is 4.68 Å². The van der Waals surface area contributed by atoms with E-state index in [1.165, 1.54) is 30.6 Å². The average molecular weight is 503 g/mol. The van der Waals surface area contributed by atoms with Crippen molar-refractivity contribution in [1.82, 2.24) is 19.7 Å². The van der Waals surface area contributed by atoms with Gasteiger partial charge in [0.25, 0.3) is 10.0 Å². The van der Waals surface area contributed by atoms with Crippen LogP contribution in [-0.4, -0.2) is 28.2 Å². The highest BCUT2D eigenvalue weighted by Gasteiger charge is 2.25. The summed E-state index contributed by atoms with van der Waals surface area (Å²) in [6, 6.07) is 11.2. The molecule has 4 aromatic rings. The van der Waals surface area contributed by atoms with E-state index in [1.54, 1.807) is 18.2 Å². The van der Waals surface area contributed by atoms with Gasteiger partial charge in [-0.2, -0.15) is 5.10 Å². The third kappa shape index (κ3) is 4.12. The summed E-state index contributed by atoms with van der Waals surface area (Å²) in [7, 11) is -3.83. The standard InChI is InChI=1S/C22H20Cl2N6O2S/c23-14-6-8-16(9-7-14)33(31,32)29-18-10-5-13(11-17(18)24)20-19-21(25)26-12-27-22(19)30(28-20)15-3-1-2-4-15/h5-12,15,29H,1-4H2,(H2,25,26,27). The van der Waals surface area contributed by atoms with Crippen LogP contribution in [0.25, 0.3) is 22.3 Å². The van der Waals surface area contributed by atoms with E-state index in [4.69, 9.17) is 34.0 Å². The Balaban J connectivity index is 1.53. The van der Waals surface area contributed by atoms with Crippen LogP contribution < -0.4 is 10.5 Å². The van der Waals surface area contributed by atoms with Crippen molar-refractivity contribution in [2.24, 2.45) is 0 Å². The van der Waals surface area contributed by atoms with Gasteiger partial charge in [-0.15, -0.1) is 0 Å². The molecule has 0 aliphatic heterocycles. The molecule has 5 rings (SSSR count). The largest absolute Gasteiger partial charge is 0.383 e. The maximum atomic E-state index is 12.7. The highest BCUT2D eigenvalue weighted by atomic mass is 35.5. The molecule has 0 radical (unpaired) electrons. The fourth-order valence-corrected chi connectivity index (χ4v) is 5.65. The van der Waals surface area contributed by atoms with Crippen LogP contribution in [0.4, 0.5) is 11.5 Å². The monoisotopic (exact) mass is 502 g/mol. The summed E-state index contributed by atoms with van der Waals surface area (Å²) < 4.78 is 29.9. The Morgan fingerprint density at radius 3 is 2.45 bits per heavy atom. The Morgan fingerprint density at radius 1 is 1.03 bits per heavy atom. The second kappa shape index (κ2) is 8.48. The van der Waals surface area contributed by atoms with Crippen LogP contribution >= 0.6 is 23.2 Å². The first kappa shape index (κ1) is 21.9. The number of hydrogen-bond acceptors (Lipinski definition) is 6. The Bertz CT molecular complexity index is 1450. The Kier molecular flexibility index (Phi) is 5.64.